The number of benzene rings is 1. The van der Waals surface area contributed by atoms with E-state index in [2.05, 4.69) is 56.9 Å². The van der Waals surface area contributed by atoms with E-state index >= 15 is 0 Å². The lowest BCUT2D eigenvalue weighted by Crippen LogP contribution is -2.24. The first-order chi connectivity index (χ1) is 10.1. The lowest BCUT2D eigenvalue weighted by atomic mass is 10.0. The molecule has 0 aliphatic carbocycles. The summed E-state index contributed by atoms with van der Waals surface area (Å²) in [6.07, 6.45) is 1.30. The molecule has 0 radical (unpaired) electrons. The normalized spacial score (nSPS) is 10.6. The maximum absolute atomic E-state index is 8.88. The molecule has 1 heterocycles. The molecule has 3 nitrogen and oxygen atoms in total. The number of rotatable bonds is 5. The number of aryl methyl sites for hydroxylation is 3. The first-order valence-corrected chi connectivity index (χ1v) is 7.64. The van der Waals surface area contributed by atoms with Crippen molar-refractivity contribution in [1.82, 2.24) is 4.98 Å². The van der Waals surface area contributed by atoms with Crippen LogP contribution in [-0.4, -0.2) is 18.1 Å². The highest BCUT2D eigenvalue weighted by atomic mass is 15.2. The molecule has 0 fully saturated rings. The Hall–Kier alpha value is -2.08. The minimum atomic E-state index is 0.534. The van der Waals surface area contributed by atoms with Gasteiger partial charge in [-0.05, 0) is 56.9 Å². The minimum absolute atomic E-state index is 0.534. The first kappa shape index (κ1) is 15.3. The lowest BCUT2D eigenvalue weighted by molar-refractivity contribution is 0.833. The van der Waals surface area contributed by atoms with Gasteiger partial charge in [0.1, 0.15) is 5.82 Å². The second-order valence-electron chi connectivity index (χ2n) is 5.38. The molecule has 2 aromatic rings. The van der Waals surface area contributed by atoms with E-state index in [-0.39, 0.29) is 0 Å². The van der Waals surface area contributed by atoms with Crippen LogP contribution in [0.3, 0.4) is 0 Å². The Balaban J connectivity index is 2.66. The summed E-state index contributed by atoms with van der Waals surface area (Å²) in [7, 11) is 0. The molecular weight excluding hydrogens is 258 g/mol. The standard InChI is InChI=1S/C18H23N3/c1-5-21(6-2)18-16(8-7-11-19)12-15-10-9-13(3)14(4)17(15)20-18/h9-10,12H,5-8H2,1-4H3. The highest BCUT2D eigenvalue weighted by molar-refractivity contribution is 5.85. The number of nitriles is 1. The van der Waals surface area contributed by atoms with Gasteiger partial charge in [0.05, 0.1) is 11.6 Å². The van der Waals surface area contributed by atoms with Crippen LogP contribution in [0.2, 0.25) is 0 Å². The second kappa shape index (κ2) is 6.58. The Kier molecular flexibility index (Phi) is 4.80. The molecule has 0 saturated heterocycles. The van der Waals surface area contributed by atoms with Crippen LogP contribution < -0.4 is 4.90 Å². The van der Waals surface area contributed by atoms with E-state index in [4.69, 9.17) is 10.2 Å². The Bertz CT molecular complexity index is 679. The van der Waals surface area contributed by atoms with E-state index in [0.29, 0.717) is 6.42 Å². The summed E-state index contributed by atoms with van der Waals surface area (Å²) in [4.78, 5) is 7.22. The fourth-order valence-corrected chi connectivity index (χ4v) is 2.69. The van der Waals surface area contributed by atoms with Gasteiger partial charge < -0.3 is 4.90 Å². The van der Waals surface area contributed by atoms with Crippen LogP contribution in [0.15, 0.2) is 18.2 Å². The maximum Gasteiger partial charge on any atom is 0.132 e. The molecule has 1 aromatic carbocycles. The molecule has 0 aliphatic rings. The third kappa shape index (κ3) is 3.00. The molecule has 0 aliphatic heterocycles. The summed E-state index contributed by atoms with van der Waals surface area (Å²) in [6, 6.07) is 8.72. The molecule has 0 atom stereocenters. The van der Waals surface area contributed by atoms with Crippen molar-refractivity contribution >= 4 is 16.7 Å². The molecule has 110 valence electrons. The van der Waals surface area contributed by atoms with Crippen LogP contribution >= 0.6 is 0 Å². The highest BCUT2D eigenvalue weighted by Gasteiger charge is 2.13. The molecule has 1 aromatic heterocycles. The van der Waals surface area contributed by atoms with Crippen LogP contribution in [0.4, 0.5) is 5.82 Å². The zero-order chi connectivity index (χ0) is 15.4. The quantitative estimate of drug-likeness (QED) is 0.826. The van der Waals surface area contributed by atoms with E-state index in [9.17, 15) is 0 Å². The lowest BCUT2D eigenvalue weighted by Gasteiger charge is -2.23. The predicted molar refractivity (Wildman–Crippen MR) is 88.7 cm³/mol. The van der Waals surface area contributed by atoms with Gasteiger partial charge in [-0.3, -0.25) is 0 Å². The van der Waals surface area contributed by atoms with Gasteiger partial charge in [-0.1, -0.05) is 12.1 Å². The van der Waals surface area contributed by atoms with Crippen molar-refractivity contribution in [3.63, 3.8) is 0 Å². The van der Waals surface area contributed by atoms with Crippen molar-refractivity contribution in [3.05, 3.63) is 34.9 Å². The fourth-order valence-electron chi connectivity index (χ4n) is 2.69. The maximum atomic E-state index is 8.88. The van der Waals surface area contributed by atoms with E-state index in [1.54, 1.807) is 0 Å². The minimum Gasteiger partial charge on any atom is -0.357 e. The van der Waals surface area contributed by atoms with Gasteiger partial charge in [0.25, 0.3) is 0 Å². The van der Waals surface area contributed by atoms with Gasteiger partial charge in [0.2, 0.25) is 0 Å². The number of aromatic nitrogens is 1. The van der Waals surface area contributed by atoms with Gasteiger partial charge in [-0.2, -0.15) is 5.26 Å². The predicted octanol–water partition coefficient (Wildman–Crippen LogP) is 4.15. The third-order valence-corrected chi connectivity index (χ3v) is 4.14. The van der Waals surface area contributed by atoms with Crippen LogP contribution in [0, 0.1) is 25.2 Å². The Labute approximate surface area is 127 Å². The molecule has 0 spiro atoms. The van der Waals surface area contributed by atoms with Crippen molar-refractivity contribution < 1.29 is 0 Å². The number of fused-ring (bicyclic) bond motifs is 1. The van der Waals surface area contributed by atoms with Gasteiger partial charge in [-0.15, -0.1) is 0 Å². The largest absolute Gasteiger partial charge is 0.357 e. The Morgan fingerprint density at radius 1 is 1.19 bits per heavy atom. The summed E-state index contributed by atoms with van der Waals surface area (Å²) in [5.74, 6) is 1.04. The third-order valence-electron chi connectivity index (χ3n) is 4.14. The molecule has 0 bridgehead atoms. The molecular formula is C18H23N3. The molecule has 21 heavy (non-hydrogen) atoms. The molecule has 0 unspecified atom stereocenters. The van der Waals surface area contributed by atoms with Crippen molar-refractivity contribution in [2.24, 2.45) is 0 Å². The van der Waals surface area contributed by atoms with Crippen molar-refractivity contribution in [2.75, 3.05) is 18.0 Å². The molecule has 0 saturated carbocycles. The summed E-state index contributed by atoms with van der Waals surface area (Å²) < 4.78 is 0. The first-order valence-electron chi connectivity index (χ1n) is 7.64. The van der Waals surface area contributed by atoms with Crippen molar-refractivity contribution in [2.45, 2.75) is 40.5 Å². The summed E-state index contributed by atoms with van der Waals surface area (Å²) >= 11 is 0. The number of pyridine rings is 1. The zero-order valence-electron chi connectivity index (χ0n) is 13.4. The summed E-state index contributed by atoms with van der Waals surface area (Å²) in [5.41, 5.74) is 4.77. The van der Waals surface area contributed by atoms with Crippen LogP contribution in [0.25, 0.3) is 10.9 Å². The SMILES string of the molecule is CCN(CC)c1nc2c(C)c(C)ccc2cc1CCC#N. The zero-order valence-corrected chi connectivity index (χ0v) is 13.4. The van der Waals surface area contributed by atoms with Gasteiger partial charge >= 0.3 is 0 Å². The Morgan fingerprint density at radius 2 is 1.90 bits per heavy atom. The van der Waals surface area contributed by atoms with E-state index in [0.717, 1.165) is 30.8 Å². The Morgan fingerprint density at radius 3 is 2.52 bits per heavy atom. The number of nitrogens with zero attached hydrogens (tertiary/aromatic N) is 3. The smallest absolute Gasteiger partial charge is 0.132 e. The van der Waals surface area contributed by atoms with Gasteiger partial charge in [0.15, 0.2) is 0 Å². The number of hydrogen-bond donors (Lipinski definition) is 0. The van der Waals surface area contributed by atoms with Gasteiger partial charge in [0, 0.05) is 24.9 Å². The van der Waals surface area contributed by atoms with Crippen LogP contribution in [-0.2, 0) is 6.42 Å². The van der Waals surface area contributed by atoms with Crippen LogP contribution in [0.5, 0.6) is 0 Å². The second-order valence-corrected chi connectivity index (χ2v) is 5.38. The topological polar surface area (TPSA) is 39.9 Å². The summed E-state index contributed by atoms with van der Waals surface area (Å²) in [5, 5.41) is 10.0. The monoisotopic (exact) mass is 281 g/mol. The number of hydrogen-bond acceptors (Lipinski definition) is 3. The van der Waals surface area contributed by atoms with Gasteiger partial charge in [-0.25, -0.2) is 4.98 Å². The molecule has 3 heteroatoms. The average molecular weight is 281 g/mol. The van der Waals surface area contributed by atoms with E-state index < -0.39 is 0 Å². The van der Waals surface area contributed by atoms with E-state index in [1.807, 2.05) is 0 Å². The van der Waals surface area contributed by atoms with E-state index in [1.165, 1.54) is 22.1 Å². The van der Waals surface area contributed by atoms with Crippen LogP contribution in [0.1, 0.15) is 37.0 Å². The summed E-state index contributed by atoms with van der Waals surface area (Å²) in [6.45, 7) is 10.4. The molecule has 2 rings (SSSR count). The van der Waals surface area contributed by atoms with Crippen molar-refractivity contribution in [3.8, 4) is 6.07 Å². The number of anilines is 1. The fraction of sp³-hybridized carbons (Fsp3) is 0.444. The highest BCUT2D eigenvalue weighted by Crippen LogP contribution is 2.27. The molecule has 0 amide bonds. The van der Waals surface area contributed by atoms with Crippen molar-refractivity contribution in [1.29, 1.82) is 5.26 Å². The average Bonchev–Trinajstić information content (AvgIpc) is 2.50. The molecule has 0 N–H and O–H groups in total.